The van der Waals surface area contributed by atoms with E-state index in [9.17, 15) is 5.11 Å². The number of aliphatic imine (C=N–C) groups is 1. The van der Waals surface area contributed by atoms with Crippen molar-refractivity contribution in [3.8, 4) is 0 Å². The maximum Gasteiger partial charge on any atom is 0.0663 e. The molecular formula is C19H33NOS2. The summed E-state index contributed by atoms with van der Waals surface area (Å²) in [6.07, 6.45) is 9.54. The summed E-state index contributed by atoms with van der Waals surface area (Å²) in [6, 6.07) is 0. The third-order valence-electron chi connectivity index (χ3n) is 3.59. The number of allylic oxidation sites excluding steroid dienone is 4. The molecule has 0 radical (unpaired) electrons. The molecule has 0 heterocycles. The van der Waals surface area contributed by atoms with Gasteiger partial charge in [0.25, 0.3) is 0 Å². The molecule has 0 aromatic rings. The van der Waals surface area contributed by atoms with Crippen LogP contribution >= 0.6 is 23.5 Å². The topological polar surface area (TPSA) is 32.6 Å². The van der Waals surface area contributed by atoms with Gasteiger partial charge in [0, 0.05) is 17.7 Å². The lowest BCUT2D eigenvalue weighted by Gasteiger charge is -2.18. The monoisotopic (exact) mass is 355 g/mol. The van der Waals surface area contributed by atoms with Crippen LogP contribution in [0.25, 0.3) is 0 Å². The Morgan fingerprint density at radius 3 is 2.43 bits per heavy atom. The van der Waals surface area contributed by atoms with Crippen molar-refractivity contribution in [2.75, 3.05) is 23.0 Å². The van der Waals surface area contributed by atoms with Crippen LogP contribution in [0.1, 0.15) is 40.5 Å². The van der Waals surface area contributed by atoms with Gasteiger partial charge in [-0.15, -0.1) is 0 Å². The Labute approximate surface area is 151 Å². The highest BCUT2D eigenvalue weighted by atomic mass is 32.2. The summed E-state index contributed by atoms with van der Waals surface area (Å²) in [6.45, 7) is 12.1. The van der Waals surface area contributed by atoms with Crippen LogP contribution in [-0.2, 0) is 0 Å². The molecule has 0 rings (SSSR count). The third kappa shape index (κ3) is 12.6. The van der Waals surface area contributed by atoms with Gasteiger partial charge in [-0.2, -0.15) is 23.5 Å². The molecule has 23 heavy (non-hydrogen) atoms. The number of hydrogen-bond donors (Lipinski definition) is 1. The van der Waals surface area contributed by atoms with E-state index in [-0.39, 0.29) is 6.10 Å². The Bertz CT molecular complexity index is 402. The van der Waals surface area contributed by atoms with Crippen molar-refractivity contribution in [1.82, 2.24) is 0 Å². The fourth-order valence-electron chi connectivity index (χ4n) is 1.69. The summed E-state index contributed by atoms with van der Waals surface area (Å²) in [4.78, 5) is 4.33. The molecule has 0 aliphatic rings. The number of nitrogens with zero attached hydrogens (tertiary/aromatic N) is 1. The number of thioether (sulfide) groups is 2. The van der Waals surface area contributed by atoms with Gasteiger partial charge in [0.1, 0.15) is 0 Å². The van der Waals surface area contributed by atoms with E-state index < -0.39 is 0 Å². The lowest BCUT2D eigenvalue weighted by atomic mass is 10.1. The molecule has 0 aliphatic heterocycles. The van der Waals surface area contributed by atoms with E-state index in [1.54, 1.807) is 6.20 Å². The Morgan fingerprint density at radius 1 is 1.17 bits per heavy atom. The Morgan fingerprint density at radius 2 is 1.83 bits per heavy atom. The maximum absolute atomic E-state index is 10.2. The molecule has 4 heteroatoms. The summed E-state index contributed by atoms with van der Waals surface area (Å²) < 4.78 is 0. The van der Waals surface area contributed by atoms with Gasteiger partial charge in [-0.25, -0.2) is 0 Å². The molecule has 132 valence electrons. The van der Waals surface area contributed by atoms with Crippen molar-refractivity contribution in [1.29, 1.82) is 0 Å². The predicted molar refractivity (Wildman–Crippen MR) is 111 cm³/mol. The molecule has 0 saturated heterocycles. The average molecular weight is 356 g/mol. The standard InChI is InChI=1S/C19H33NOS2/c1-6-11-20-18(8-3)10-13-22-14-17(5)19(21)15-23-12-9-16(4)7-2/h6-8,11,17,19,21H,3,9-10,12-15H2,1-2,4-5H3/b11-6-,16-7+,20-18?/t17?,19-/m0/s1. The second-order valence-corrected chi connectivity index (χ2v) is 7.94. The molecule has 2 atom stereocenters. The molecule has 0 aliphatic carbocycles. The lowest BCUT2D eigenvalue weighted by Crippen LogP contribution is -2.22. The van der Waals surface area contributed by atoms with Gasteiger partial charge >= 0.3 is 0 Å². The maximum atomic E-state index is 10.2. The molecule has 1 N–H and O–H groups in total. The quantitative estimate of drug-likeness (QED) is 0.274. The van der Waals surface area contributed by atoms with Crippen LogP contribution in [0.5, 0.6) is 0 Å². The first kappa shape index (κ1) is 22.6. The van der Waals surface area contributed by atoms with Crippen LogP contribution in [0.15, 0.2) is 41.6 Å². The highest BCUT2D eigenvalue weighted by Crippen LogP contribution is 2.18. The fourth-order valence-corrected chi connectivity index (χ4v) is 4.01. The zero-order valence-electron chi connectivity index (χ0n) is 15.1. The number of hydrogen-bond acceptors (Lipinski definition) is 4. The second-order valence-electron chi connectivity index (χ2n) is 5.64. The molecule has 0 spiro atoms. The summed E-state index contributed by atoms with van der Waals surface area (Å²) in [5.74, 6) is 4.27. The minimum Gasteiger partial charge on any atom is -0.392 e. The Hall–Kier alpha value is -0.450. The van der Waals surface area contributed by atoms with Crippen LogP contribution in [0.3, 0.4) is 0 Å². The van der Waals surface area contributed by atoms with E-state index >= 15 is 0 Å². The molecule has 0 aromatic carbocycles. The first-order chi connectivity index (χ1) is 11.0. The van der Waals surface area contributed by atoms with E-state index in [0.717, 1.165) is 41.6 Å². The summed E-state index contributed by atoms with van der Waals surface area (Å²) in [5.41, 5.74) is 2.45. The second kappa shape index (κ2) is 15.1. The van der Waals surface area contributed by atoms with Crippen molar-refractivity contribution in [2.45, 2.75) is 46.6 Å². The van der Waals surface area contributed by atoms with Gasteiger partial charge < -0.3 is 5.11 Å². The molecular weight excluding hydrogens is 322 g/mol. The lowest BCUT2D eigenvalue weighted by molar-refractivity contribution is 0.151. The highest BCUT2D eigenvalue weighted by Gasteiger charge is 2.14. The normalized spacial score (nSPS) is 15.9. The van der Waals surface area contributed by atoms with Crippen LogP contribution < -0.4 is 0 Å². The van der Waals surface area contributed by atoms with Crippen molar-refractivity contribution in [2.24, 2.45) is 10.9 Å². The van der Waals surface area contributed by atoms with E-state index in [1.807, 2.05) is 42.6 Å². The summed E-state index contributed by atoms with van der Waals surface area (Å²) >= 11 is 3.73. The van der Waals surface area contributed by atoms with Crippen molar-refractivity contribution in [3.63, 3.8) is 0 Å². The first-order valence-electron chi connectivity index (χ1n) is 8.30. The van der Waals surface area contributed by atoms with Crippen LogP contribution in [0.4, 0.5) is 0 Å². The number of aliphatic hydroxyl groups excluding tert-OH is 1. The van der Waals surface area contributed by atoms with Crippen molar-refractivity contribution in [3.05, 3.63) is 36.6 Å². The largest absolute Gasteiger partial charge is 0.392 e. The van der Waals surface area contributed by atoms with E-state index in [4.69, 9.17) is 0 Å². The average Bonchev–Trinajstić information content (AvgIpc) is 2.57. The highest BCUT2D eigenvalue weighted by molar-refractivity contribution is 7.99. The molecule has 0 bridgehead atoms. The van der Waals surface area contributed by atoms with Crippen LogP contribution in [0, 0.1) is 5.92 Å². The van der Waals surface area contributed by atoms with Gasteiger partial charge in [0.05, 0.1) is 6.10 Å². The fraction of sp³-hybridized carbons (Fsp3) is 0.632. The SMILES string of the molecule is C=CC(CCSCC(C)[C@@H](O)CSCC/C(C)=C/C)=N/C=C\C. The van der Waals surface area contributed by atoms with Gasteiger partial charge in [-0.1, -0.05) is 31.2 Å². The minimum atomic E-state index is -0.214. The summed E-state index contributed by atoms with van der Waals surface area (Å²) in [7, 11) is 0. The molecule has 0 amide bonds. The van der Waals surface area contributed by atoms with Crippen molar-refractivity contribution < 1.29 is 5.11 Å². The first-order valence-corrected chi connectivity index (χ1v) is 10.6. The Balaban J connectivity index is 3.83. The predicted octanol–water partition coefficient (Wildman–Crippen LogP) is 5.36. The van der Waals surface area contributed by atoms with Crippen LogP contribution in [0.2, 0.25) is 0 Å². The Kier molecular flexibility index (Phi) is 14.8. The molecule has 0 aromatic heterocycles. The molecule has 0 fully saturated rings. The molecule has 1 unspecified atom stereocenters. The zero-order chi connectivity index (χ0) is 17.5. The third-order valence-corrected chi connectivity index (χ3v) is 5.91. The van der Waals surface area contributed by atoms with E-state index in [1.165, 1.54) is 5.57 Å². The van der Waals surface area contributed by atoms with Gasteiger partial charge in [0.2, 0.25) is 0 Å². The molecule has 2 nitrogen and oxygen atoms in total. The molecule has 0 saturated carbocycles. The smallest absolute Gasteiger partial charge is 0.0663 e. The van der Waals surface area contributed by atoms with Crippen LogP contribution in [-0.4, -0.2) is 39.9 Å². The van der Waals surface area contributed by atoms with Crippen molar-refractivity contribution >= 4 is 29.2 Å². The zero-order valence-corrected chi connectivity index (χ0v) is 16.8. The number of rotatable bonds is 13. The van der Waals surface area contributed by atoms with E-state index in [2.05, 4.69) is 38.4 Å². The minimum absolute atomic E-state index is 0.214. The van der Waals surface area contributed by atoms with Gasteiger partial charge in [-0.05, 0) is 62.9 Å². The summed E-state index contributed by atoms with van der Waals surface area (Å²) in [5, 5.41) is 10.2. The van der Waals surface area contributed by atoms with Gasteiger partial charge in [-0.3, -0.25) is 4.99 Å². The van der Waals surface area contributed by atoms with Gasteiger partial charge in [0.15, 0.2) is 0 Å². The van der Waals surface area contributed by atoms with E-state index in [0.29, 0.717) is 5.92 Å². The number of aliphatic hydroxyl groups is 1.